The van der Waals surface area contributed by atoms with E-state index < -0.39 is 0 Å². The molecule has 1 saturated carbocycles. The van der Waals surface area contributed by atoms with Gasteiger partial charge in [-0.25, -0.2) is 4.98 Å². The monoisotopic (exact) mass is 348 g/mol. The molecule has 1 aromatic heterocycles. The lowest BCUT2D eigenvalue weighted by molar-refractivity contribution is -0.117. The van der Waals surface area contributed by atoms with Crippen LogP contribution in [0.25, 0.3) is 11.0 Å². The molecule has 26 heavy (non-hydrogen) atoms. The number of hydrogen-bond acceptors (Lipinski definition) is 3. The van der Waals surface area contributed by atoms with Crippen molar-refractivity contribution in [3.05, 3.63) is 60.4 Å². The number of fused-ring (bicyclic) bond motifs is 1. The Labute approximate surface area is 153 Å². The summed E-state index contributed by atoms with van der Waals surface area (Å²) in [6, 6.07) is 16.3. The van der Waals surface area contributed by atoms with E-state index in [1.165, 1.54) is 5.56 Å². The van der Waals surface area contributed by atoms with Gasteiger partial charge < -0.3 is 15.6 Å². The number of nitrogens with zero attached hydrogens (tertiary/aromatic N) is 2. The van der Waals surface area contributed by atoms with E-state index in [0.29, 0.717) is 12.3 Å². The average molecular weight is 348 g/mol. The summed E-state index contributed by atoms with van der Waals surface area (Å²) in [5.74, 6) is 0.379. The lowest BCUT2D eigenvalue weighted by Gasteiger charge is -2.15. The number of hydrogen-bond donors (Lipinski definition) is 2. The summed E-state index contributed by atoms with van der Waals surface area (Å²) >= 11 is 0. The first-order valence-electron chi connectivity index (χ1n) is 9.23. The molecule has 5 nitrogen and oxygen atoms in total. The van der Waals surface area contributed by atoms with Crippen molar-refractivity contribution in [3.8, 4) is 0 Å². The number of para-hydroxylation sites is 2. The Morgan fingerprint density at radius 2 is 1.96 bits per heavy atom. The molecule has 0 unspecified atom stereocenters. The molecule has 1 aliphatic carbocycles. The molecule has 0 saturated heterocycles. The molecule has 1 fully saturated rings. The predicted molar refractivity (Wildman–Crippen MR) is 104 cm³/mol. The second-order valence-corrected chi connectivity index (χ2v) is 7.17. The Morgan fingerprint density at radius 3 is 2.73 bits per heavy atom. The van der Waals surface area contributed by atoms with E-state index in [0.717, 1.165) is 42.5 Å². The maximum Gasteiger partial charge on any atom is 0.224 e. The van der Waals surface area contributed by atoms with Crippen LogP contribution in [0.4, 0.5) is 5.69 Å². The summed E-state index contributed by atoms with van der Waals surface area (Å²) in [5.41, 5.74) is 10.2. The van der Waals surface area contributed by atoms with Crippen LogP contribution in [0.1, 0.15) is 31.2 Å². The number of rotatable bonds is 5. The van der Waals surface area contributed by atoms with Crippen LogP contribution in [-0.2, 0) is 11.3 Å². The third kappa shape index (κ3) is 3.63. The fourth-order valence-corrected chi connectivity index (χ4v) is 3.80. The van der Waals surface area contributed by atoms with Crippen LogP contribution in [0.2, 0.25) is 0 Å². The van der Waals surface area contributed by atoms with Crippen LogP contribution >= 0.6 is 0 Å². The summed E-state index contributed by atoms with van der Waals surface area (Å²) in [4.78, 5) is 16.6. The van der Waals surface area contributed by atoms with Crippen molar-refractivity contribution in [3.63, 3.8) is 0 Å². The van der Waals surface area contributed by atoms with Gasteiger partial charge in [-0.15, -0.1) is 0 Å². The smallest absolute Gasteiger partial charge is 0.224 e. The highest BCUT2D eigenvalue weighted by Crippen LogP contribution is 2.27. The summed E-state index contributed by atoms with van der Waals surface area (Å²) in [6.07, 6.45) is 5.62. The fourth-order valence-electron chi connectivity index (χ4n) is 3.80. The number of carbonyl (C=O) groups excluding carboxylic acids is 1. The minimum atomic E-state index is 0.0562. The fraction of sp³-hybridized carbons (Fsp3) is 0.333. The molecule has 1 heterocycles. The van der Waals surface area contributed by atoms with Gasteiger partial charge in [0.15, 0.2) is 0 Å². The predicted octanol–water partition coefficient (Wildman–Crippen LogP) is 3.54. The topological polar surface area (TPSA) is 72.9 Å². The highest BCUT2D eigenvalue weighted by atomic mass is 16.1. The molecular weight excluding hydrogens is 324 g/mol. The van der Waals surface area contributed by atoms with Crippen molar-refractivity contribution in [2.45, 2.75) is 38.3 Å². The Hall–Kier alpha value is -2.66. The van der Waals surface area contributed by atoms with E-state index in [-0.39, 0.29) is 11.9 Å². The van der Waals surface area contributed by atoms with Crippen molar-refractivity contribution in [1.29, 1.82) is 0 Å². The van der Waals surface area contributed by atoms with Gasteiger partial charge >= 0.3 is 0 Å². The van der Waals surface area contributed by atoms with E-state index in [1.807, 2.05) is 48.8 Å². The van der Waals surface area contributed by atoms with E-state index >= 15 is 0 Å². The Balaban J connectivity index is 1.38. The molecule has 3 aromatic rings. The quantitative estimate of drug-likeness (QED) is 0.741. The number of anilines is 1. The van der Waals surface area contributed by atoms with Gasteiger partial charge in [0.05, 0.1) is 17.4 Å². The van der Waals surface area contributed by atoms with Gasteiger partial charge in [0.1, 0.15) is 0 Å². The van der Waals surface area contributed by atoms with Crippen molar-refractivity contribution in [2.24, 2.45) is 11.7 Å². The van der Waals surface area contributed by atoms with Crippen LogP contribution in [0.5, 0.6) is 0 Å². The number of aromatic nitrogens is 2. The number of benzene rings is 2. The van der Waals surface area contributed by atoms with Gasteiger partial charge in [-0.2, -0.15) is 0 Å². The Kier molecular flexibility index (Phi) is 4.71. The van der Waals surface area contributed by atoms with Gasteiger partial charge in [0.25, 0.3) is 0 Å². The maximum atomic E-state index is 12.2. The molecular formula is C21H24N4O. The molecule has 0 bridgehead atoms. The first-order valence-corrected chi connectivity index (χ1v) is 9.23. The van der Waals surface area contributed by atoms with Crippen molar-refractivity contribution in [1.82, 2.24) is 9.55 Å². The number of amides is 1. The van der Waals surface area contributed by atoms with Gasteiger partial charge in [-0.05, 0) is 48.6 Å². The highest BCUT2D eigenvalue weighted by Gasteiger charge is 2.25. The van der Waals surface area contributed by atoms with Crippen molar-refractivity contribution in [2.75, 3.05) is 5.32 Å². The molecule has 4 rings (SSSR count). The molecule has 0 radical (unpaired) electrons. The van der Waals surface area contributed by atoms with Crippen LogP contribution in [0, 0.1) is 5.92 Å². The van der Waals surface area contributed by atoms with Gasteiger partial charge in [0.2, 0.25) is 5.91 Å². The molecule has 0 spiro atoms. The Bertz CT molecular complexity index is 900. The van der Waals surface area contributed by atoms with Gasteiger partial charge in [-0.3, -0.25) is 4.79 Å². The average Bonchev–Trinajstić information content (AvgIpc) is 3.23. The molecule has 3 N–H and O–H groups in total. The van der Waals surface area contributed by atoms with E-state index in [9.17, 15) is 4.79 Å². The molecule has 1 amide bonds. The first-order chi connectivity index (χ1) is 12.7. The van der Waals surface area contributed by atoms with Crippen LogP contribution in [-0.4, -0.2) is 21.5 Å². The highest BCUT2D eigenvalue weighted by molar-refractivity contribution is 5.90. The first kappa shape index (κ1) is 16.8. The zero-order chi connectivity index (χ0) is 17.9. The van der Waals surface area contributed by atoms with Crippen LogP contribution in [0.3, 0.4) is 0 Å². The van der Waals surface area contributed by atoms with E-state index in [4.69, 9.17) is 5.73 Å². The van der Waals surface area contributed by atoms with Crippen molar-refractivity contribution >= 4 is 22.6 Å². The number of nitrogens with two attached hydrogens (primary N) is 1. The second-order valence-electron chi connectivity index (χ2n) is 7.17. The molecule has 1 aliphatic rings. The molecule has 2 atom stereocenters. The summed E-state index contributed by atoms with van der Waals surface area (Å²) < 4.78 is 2.13. The zero-order valence-corrected chi connectivity index (χ0v) is 14.8. The molecule has 2 aromatic carbocycles. The van der Waals surface area contributed by atoms with Crippen LogP contribution in [0.15, 0.2) is 54.9 Å². The van der Waals surface area contributed by atoms with E-state index in [2.05, 4.69) is 20.9 Å². The zero-order valence-electron chi connectivity index (χ0n) is 14.8. The minimum absolute atomic E-state index is 0.0562. The SMILES string of the molecule is N[C@@H]1CCC[C@H]1CC(=O)Nc1ccc(Cn2cnc3ccccc32)cc1. The Morgan fingerprint density at radius 1 is 1.15 bits per heavy atom. The third-order valence-electron chi connectivity index (χ3n) is 5.28. The third-order valence-corrected chi connectivity index (χ3v) is 5.28. The normalized spacial score (nSPS) is 19.7. The molecule has 0 aliphatic heterocycles. The summed E-state index contributed by atoms with van der Waals surface area (Å²) in [6.45, 7) is 0.756. The standard InChI is InChI=1S/C21H24N4O/c22-18-5-3-4-16(18)12-21(26)24-17-10-8-15(9-11-17)13-25-14-23-19-6-1-2-7-20(19)25/h1-2,6-11,14,16,18H,3-5,12-13,22H2,(H,24,26)/t16-,18+/m0/s1. The number of nitrogens with one attached hydrogen (secondary N) is 1. The van der Waals surface area contributed by atoms with Crippen molar-refractivity contribution < 1.29 is 4.79 Å². The number of imidazole rings is 1. The van der Waals surface area contributed by atoms with E-state index in [1.54, 1.807) is 0 Å². The lowest BCUT2D eigenvalue weighted by Crippen LogP contribution is -2.28. The van der Waals surface area contributed by atoms with Gasteiger partial charge in [0, 0.05) is 24.7 Å². The largest absolute Gasteiger partial charge is 0.327 e. The molecule has 134 valence electrons. The number of carbonyl (C=O) groups is 1. The van der Waals surface area contributed by atoms with Gasteiger partial charge in [-0.1, -0.05) is 30.7 Å². The lowest BCUT2D eigenvalue weighted by atomic mass is 10.00. The summed E-state index contributed by atoms with van der Waals surface area (Å²) in [5, 5.41) is 2.99. The summed E-state index contributed by atoms with van der Waals surface area (Å²) in [7, 11) is 0. The van der Waals surface area contributed by atoms with Crippen LogP contribution < -0.4 is 11.1 Å². The molecule has 5 heteroatoms. The second kappa shape index (κ2) is 7.30. The maximum absolute atomic E-state index is 12.2. The minimum Gasteiger partial charge on any atom is -0.327 e.